The molecule has 1 nitrogen and oxygen atoms in total. The van der Waals surface area contributed by atoms with E-state index in [1.165, 1.54) is 25.9 Å². The predicted molar refractivity (Wildman–Crippen MR) is 54.8 cm³/mol. The van der Waals surface area contributed by atoms with Gasteiger partial charge in [-0.3, -0.25) is 4.90 Å². The Morgan fingerprint density at radius 1 is 1.50 bits per heavy atom. The number of alkyl halides is 1. The van der Waals surface area contributed by atoms with Crippen molar-refractivity contribution >= 4 is 11.6 Å². The molecule has 0 aromatic rings. The molecule has 1 rings (SSSR count). The van der Waals surface area contributed by atoms with Crippen LogP contribution in [0, 0.1) is 0 Å². The summed E-state index contributed by atoms with van der Waals surface area (Å²) in [5.74, 6) is 0. The standard InChI is InChI=1S/C10H20ClN/c1-4-5-7-12-8-6-9(11)10(12,2)3/h9H,4-8H2,1-3H3. The van der Waals surface area contributed by atoms with Crippen LogP contribution >= 0.6 is 11.6 Å². The first kappa shape index (κ1) is 10.3. The Bertz CT molecular complexity index is 145. The Morgan fingerprint density at radius 2 is 2.17 bits per heavy atom. The van der Waals surface area contributed by atoms with Gasteiger partial charge in [-0.05, 0) is 33.2 Å². The molecule has 0 spiro atoms. The van der Waals surface area contributed by atoms with Crippen molar-refractivity contribution in [2.45, 2.75) is 50.9 Å². The summed E-state index contributed by atoms with van der Waals surface area (Å²) in [4.78, 5) is 2.52. The van der Waals surface area contributed by atoms with E-state index in [4.69, 9.17) is 11.6 Å². The minimum absolute atomic E-state index is 0.219. The second-order valence-corrected chi connectivity index (χ2v) is 4.78. The van der Waals surface area contributed by atoms with Crippen LogP contribution in [0.5, 0.6) is 0 Å². The van der Waals surface area contributed by atoms with Crippen LogP contribution in [-0.2, 0) is 0 Å². The van der Waals surface area contributed by atoms with Gasteiger partial charge in [0.05, 0.1) is 5.38 Å². The maximum Gasteiger partial charge on any atom is 0.0526 e. The van der Waals surface area contributed by atoms with E-state index in [9.17, 15) is 0 Å². The van der Waals surface area contributed by atoms with Gasteiger partial charge in [0.25, 0.3) is 0 Å². The molecular formula is C10H20ClN. The minimum atomic E-state index is 0.219. The molecule has 0 aromatic heterocycles. The quantitative estimate of drug-likeness (QED) is 0.618. The van der Waals surface area contributed by atoms with E-state index in [-0.39, 0.29) is 5.54 Å². The first-order chi connectivity index (χ1) is 5.59. The van der Waals surface area contributed by atoms with Crippen LogP contribution in [0.2, 0.25) is 0 Å². The zero-order valence-corrected chi connectivity index (χ0v) is 9.19. The molecule has 0 aliphatic carbocycles. The van der Waals surface area contributed by atoms with Crippen LogP contribution in [-0.4, -0.2) is 28.9 Å². The molecule has 12 heavy (non-hydrogen) atoms. The van der Waals surface area contributed by atoms with E-state index in [2.05, 4.69) is 25.7 Å². The number of hydrogen-bond acceptors (Lipinski definition) is 1. The van der Waals surface area contributed by atoms with Gasteiger partial charge in [-0.2, -0.15) is 0 Å². The summed E-state index contributed by atoms with van der Waals surface area (Å²) in [6.07, 6.45) is 3.73. The van der Waals surface area contributed by atoms with E-state index in [1.54, 1.807) is 0 Å². The first-order valence-electron chi connectivity index (χ1n) is 4.98. The largest absolute Gasteiger partial charge is 0.297 e. The third-order valence-corrected chi connectivity index (χ3v) is 3.77. The Labute approximate surface area is 81.1 Å². The minimum Gasteiger partial charge on any atom is -0.297 e. The van der Waals surface area contributed by atoms with Gasteiger partial charge in [0.15, 0.2) is 0 Å². The average molecular weight is 190 g/mol. The Hall–Kier alpha value is 0.250. The smallest absolute Gasteiger partial charge is 0.0526 e. The molecule has 0 radical (unpaired) electrons. The Kier molecular flexibility index (Phi) is 3.42. The summed E-state index contributed by atoms with van der Waals surface area (Å²) >= 11 is 6.24. The van der Waals surface area contributed by atoms with Crippen molar-refractivity contribution in [1.82, 2.24) is 4.90 Å². The van der Waals surface area contributed by atoms with Crippen molar-refractivity contribution in [3.8, 4) is 0 Å². The number of halogens is 1. The van der Waals surface area contributed by atoms with Gasteiger partial charge in [-0.1, -0.05) is 13.3 Å². The van der Waals surface area contributed by atoms with Crippen LogP contribution in [0.1, 0.15) is 40.0 Å². The summed E-state index contributed by atoms with van der Waals surface area (Å²) < 4.78 is 0. The number of hydrogen-bond donors (Lipinski definition) is 0. The second kappa shape index (κ2) is 3.97. The van der Waals surface area contributed by atoms with Crippen LogP contribution in [0.25, 0.3) is 0 Å². The molecule has 0 N–H and O–H groups in total. The van der Waals surface area contributed by atoms with Crippen molar-refractivity contribution in [1.29, 1.82) is 0 Å². The molecule has 1 atom stereocenters. The number of rotatable bonds is 3. The number of nitrogens with zero attached hydrogens (tertiary/aromatic N) is 1. The van der Waals surface area contributed by atoms with E-state index in [1.807, 2.05) is 0 Å². The van der Waals surface area contributed by atoms with E-state index < -0.39 is 0 Å². The third kappa shape index (κ3) is 1.94. The molecule has 0 bridgehead atoms. The van der Waals surface area contributed by atoms with Crippen molar-refractivity contribution in [3.63, 3.8) is 0 Å². The van der Waals surface area contributed by atoms with Gasteiger partial charge in [0.1, 0.15) is 0 Å². The molecule has 1 heterocycles. The Balaban J connectivity index is 2.44. The normalized spacial score (nSPS) is 29.5. The molecule has 1 aliphatic rings. The highest BCUT2D eigenvalue weighted by Crippen LogP contribution is 2.32. The van der Waals surface area contributed by atoms with Gasteiger partial charge < -0.3 is 0 Å². The van der Waals surface area contributed by atoms with Crippen LogP contribution in [0.15, 0.2) is 0 Å². The van der Waals surface area contributed by atoms with E-state index in [0.29, 0.717) is 5.38 Å². The monoisotopic (exact) mass is 189 g/mol. The van der Waals surface area contributed by atoms with Gasteiger partial charge in [-0.25, -0.2) is 0 Å². The van der Waals surface area contributed by atoms with Crippen molar-refractivity contribution in [3.05, 3.63) is 0 Å². The molecule has 1 aliphatic heterocycles. The predicted octanol–water partition coefficient (Wildman–Crippen LogP) is 2.88. The van der Waals surface area contributed by atoms with Gasteiger partial charge >= 0.3 is 0 Å². The summed E-state index contributed by atoms with van der Waals surface area (Å²) in [6, 6.07) is 0. The molecule has 1 saturated heterocycles. The summed E-state index contributed by atoms with van der Waals surface area (Å²) in [7, 11) is 0. The SMILES string of the molecule is CCCCN1CCC(Cl)C1(C)C. The highest BCUT2D eigenvalue weighted by atomic mass is 35.5. The first-order valence-corrected chi connectivity index (χ1v) is 5.41. The zero-order valence-electron chi connectivity index (χ0n) is 8.44. The highest BCUT2D eigenvalue weighted by molar-refractivity contribution is 6.21. The second-order valence-electron chi connectivity index (χ2n) is 4.25. The maximum atomic E-state index is 6.24. The summed E-state index contributed by atoms with van der Waals surface area (Å²) in [5, 5.41) is 0.342. The topological polar surface area (TPSA) is 3.24 Å². The average Bonchev–Trinajstić information content (AvgIpc) is 2.25. The molecule has 2 heteroatoms. The summed E-state index contributed by atoms with van der Waals surface area (Å²) in [5.41, 5.74) is 0.219. The van der Waals surface area contributed by atoms with Gasteiger partial charge in [0, 0.05) is 12.1 Å². The molecule has 0 aromatic carbocycles. The van der Waals surface area contributed by atoms with E-state index >= 15 is 0 Å². The fraction of sp³-hybridized carbons (Fsp3) is 1.00. The number of unbranched alkanes of at least 4 members (excludes halogenated alkanes) is 1. The highest BCUT2D eigenvalue weighted by Gasteiger charge is 2.39. The molecule has 72 valence electrons. The fourth-order valence-electron chi connectivity index (χ4n) is 1.86. The van der Waals surface area contributed by atoms with Crippen molar-refractivity contribution < 1.29 is 0 Å². The van der Waals surface area contributed by atoms with Crippen molar-refractivity contribution in [2.75, 3.05) is 13.1 Å². The lowest BCUT2D eigenvalue weighted by Crippen LogP contribution is -2.43. The van der Waals surface area contributed by atoms with Crippen LogP contribution in [0.3, 0.4) is 0 Å². The number of likely N-dealkylation sites (tertiary alicyclic amines) is 1. The molecule has 1 fully saturated rings. The molecule has 0 saturated carbocycles. The van der Waals surface area contributed by atoms with Crippen LogP contribution in [0.4, 0.5) is 0 Å². The zero-order chi connectivity index (χ0) is 9.19. The lowest BCUT2D eigenvalue weighted by Gasteiger charge is -2.33. The van der Waals surface area contributed by atoms with Crippen molar-refractivity contribution in [2.24, 2.45) is 0 Å². The molecule has 1 unspecified atom stereocenters. The summed E-state index contributed by atoms with van der Waals surface area (Å²) in [6.45, 7) is 9.15. The Morgan fingerprint density at radius 3 is 2.58 bits per heavy atom. The third-order valence-electron chi connectivity index (χ3n) is 3.02. The van der Waals surface area contributed by atoms with Gasteiger partial charge in [0.2, 0.25) is 0 Å². The maximum absolute atomic E-state index is 6.24. The van der Waals surface area contributed by atoms with Gasteiger partial charge in [-0.15, -0.1) is 11.6 Å². The van der Waals surface area contributed by atoms with E-state index in [0.717, 1.165) is 6.42 Å². The fourth-order valence-corrected chi connectivity index (χ4v) is 2.09. The van der Waals surface area contributed by atoms with Crippen LogP contribution < -0.4 is 0 Å². The lowest BCUT2D eigenvalue weighted by atomic mass is 10.0. The molecular weight excluding hydrogens is 170 g/mol. The molecule has 0 amide bonds. The lowest BCUT2D eigenvalue weighted by molar-refractivity contribution is 0.175.